The molecule has 0 aromatic heterocycles. The normalized spacial score (nSPS) is 16.8. The minimum absolute atomic E-state index is 0.497. The minimum Gasteiger partial charge on any atom is -0.444 e. The highest BCUT2D eigenvalue weighted by atomic mass is 31.2. The molecule has 0 aliphatic heterocycles. The van der Waals surface area contributed by atoms with E-state index < -0.39 is 24.8 Å². The molecule has 1 amide bonds. The quantitative estimate of drug-likeness (QED) is 0.577. The van der Waals surface area contributed by atoms with E-state index in [0.717, 1.165) is 19.3 Å². The summed E-state index contributed by atoms with van der Waals surface area (Å²) in [6.07, 6.45) is 2.68. The Labute approximate surface area is 110 Å². The van der Waals surface area contributed by atoms with E-state index >= 15 is 0 Å². The number of nitrogens with one attached hydrogen (secondary N) is 1. The zero-order chi connectivity index (χ0) is 14.4. The summed E-state index contributed by atoms with van der Waals surface area (Å²) < 4.78 is 16.8. The average molecular weight is 279 g/mol. The molecule has 2 atom stereocenters. The number of hydrogen-bond acceptors (Lipinski definition) is 3. The number of ether oxygens (including phenoxy) is 1. The first kappa shape index (κ1) is 17.5. The van der Waals surface area contributed by atoms with Crippen LogP contribution in [-0.4, -0.2) is 29.0 Å². The predicted molar refractivity (Wildman–Crippen MR) is 73.0 cm³/mol. The third kappa shape index (κ3) is 8.54. The number of unbranched alkanes of at least 4 members (excludes halogenated alkanes) is 2. The first-order chi connectivity index (χ1) is 8.06. The van der Waals surface area contributed by atoms with Crippen LogP contribution in [0.1, 0.15) is 53.4 Å². The van der Waals surface area contributed by atoms with Crippen molar-refractivity contribution in [3.8, 4) is 0 Å². The van der Waals surface area contributed by atoms with Crippen LogP contribution in [0.15, 0.2) is 0 Å². The van der Waals surface area contributed by atoms with Gasteiger partial charge in [-0.1, -0.05) is 26.2 Å². The number of alkyl carbamates (subject to hydrolysis) is 1. The number of rotatable bonds is 6. The molecule has 108 valence electrons. The molecule has 0 fully saturated rings. The van der Waals surface area contributed by atoms with E-state index in [4.69, 9.17) is 4.74 Å². The molecular formula is C12H26NO4P. The van der Waals surface area contributed by atoms with Crippen LogP contribution < -0.4 is 5.32 Å². The summed E-state index contributed by atoms with van der Waals surface area (Å²) in [6.45, 7) is 8.58. The number of carbonyl (C=O) groups is 1. The Hall–Kier alpha value is -0.540. The number of carbonyl (C=O) groups excluding carboxylic acids is 1. The lowest BCUT2D eigenvalue weighted by Gasteiger charge is -2.25. The van der Waals surface area contributed by atoms with Crippen molar-refractivity contribution in [3.05, 3.63) is 0 Å². The van der Waals surface area contributed by atoms with E-state index in [1.807, 2.05) is 0 Å². The summed E-state index contributed by atoms with van der Waals surface area (Å²) in [5, 5.41) is 2.50. The van der Waals surface area contributed by atoms with Gasteiger partial charge in [0.1, 0.15) is 11.4 Å². The molecule has 2 N–H and O–H groups in total. The molecule has 2 unspecified atom stereocenters. The molecule has 5 nitrogen and oxygen atoms in total. The molecule has 6 heteroatoms. The number of amides is 1. The van der Waals surface area contributed by atoms with Crippen molar-refractivity contribution in [1.29, 1.82) is 0 Å². The van der Waals surface area contributed by atoms with E-state index in [9.17, 15) is 14.3 Å². The van der Waals surface area contributed by atoms with Crippen molar-refractivity contribution in [2.24, 2.45) is 0 Å². The van der Waals surface area contributed by atoms with E-state index in [1.54, 1.807) is 20.8 Å². The molecule has 0 radical (unpaired) electrons. The summed E-state index contributed by atoms with van der Waals surface area (Å²) >= 11 is 0. The van der Waals surface area contributed by atoms with Crippen LogP contribution in [0.2, 0.25) is 0 Å². The predicted octanol–water partition coefficient (Wildman–Crippen LogP) is 3.32. The van der Waals surface area contributed by atoms with Gasteiger partial charge in [-0.15, -0.1) is 0 Å². The van der Waals surface area contributed by atoms with Gasteiger partial charge in [-0.05, 0) is 27.2 Å². The highest BCUT2D eigenvalue weighted by Gasteiger charge is 2.28. The van der Waals surface area contributed by atoms with Crippen LogP contribution in [0.4, 0.5) is 4.79 Å². The van der Waals surface area contributed by atoms with Gasteiger partial charge in [0.15, 0.2) is 0 Å². The van der Waals surface area contributed by atoms with Crippen LogP contribution in [0.25, 0.3) is 0 Å². The maximum Gasteiger partial charge on any atom is 0.408 e. The highest BCUT2D eigenvalue weighted by Crippen LogP contribution is 2.42. The molecule has 0 saturated carbocycles. The van der Waals surface area contributed by atoms with Crippen molar-refractivity contribution in [3.63, 3.8) is 0 Å². The Kier molecular flexibility index (Phi) is 6.93. The van der Waals surface area contributed by atoms with Crippen molar-refractivity contribution < 1.29 is 19.0 Å². The van der Waals surface area contributed by atoms with E-state index in [2.05, 4.69) is 12.2 Å². The Bertz CT molecular complexity index is 306. The van der Waals surface area contributed by atoms with Crippen molar-refractivity contribution in [2.75, 3.05) is 6.66 Å². The van der Waals surface area contributed by atoms with Crippen molar-refractivity contribution in [2.45, 2.75) is 64.8 Å². The monoisotopic (exact) mass is 279 g/mol. The Morgan fingerprint density at radius 3 is 2.33 bits per heavy atom. The zero-order valence-corrected chi connectivity index (χ0v) is 12.9. The summed E-state index contributed by atoms with van der Waals surface area (Å²) in [4.78, 5) is 21.2. The third-order valence-corrected chi connectivity index (χ3v) is 3.89. The summed E-state index contributed by atoms with van der Waals surface area (Å²) in [6, 6.07) is 0. The fourth-order valence-electron chi connectivity index (χ4n) is 1.46. The van der Waals surface area contributed by atoms with Gasteiger partial charge in [0.25, 0.3) is 0 Å². The summed E-state index contributed by atoms with van der Waals surface area (Å²) in [5.41, 5.74) is -0.606. The maximum absolute atomic E-state index is 11.7. The van der Waals surface area contributed by atoms with Gasteiger partial charge >= 0.3 is 6.09 Å². The molecule has 0 heterocycles. The van der Waals surface area contributed by atoms with Gasteiger partial charge in [-0.25, -0.2) is 4.79 Å². The summed E-state index contributed by atoms with van der Waals surface area (Å²) in [7, 11) is -3.35. The Morgan fingerprint density at radius 2 is 1.94 bits per heavy atom. The topological polar surface area (TPSA) is 75.6 Å². The van der Waals surface area contributed by atoms with Crippen molar-refractivity contribution >= 4 is 13.5 Å². The molecule has 0 aromatic rings. The second-order valence-corrected chi connectivity index (χ2v) is 8.11. The van der Waals surface area contributed by atoms with Crippen LogP contribution >= 0.6 is 7.37 Å². The smallest absolute Gasteiger partial charge is 0.408 e. The van der Waals surface area contributed by atoms with Crippen LogP contribution in [-0.2, 0) is 9.30 Å². The van der Waals surface area contributed by atoms with Crippen molar-refractivity contribution in [1.82, 2.24) is 5.32 Å². The van der Waals surface area contributed by atoms with Gasteiger partial charge in [0, 0.05) is 6.66 Å². The third-order valence-electron chi connectivity index (χ3n) is 2.34. The molecule has 0 rings (SSSR count). The summed E-state index contributed by atoms with van der Waals surface area (Å²) in [5.74, 6) is -0.723. The fourth-order valence-corrected chi connectivity index (χ4v) is 2.47. The lowest BCUT2D eigenvalue weighted by Crippen LogP contribution is -2.39. The van der Waals surface area contributed by atoms with E-state index in [1.165, 1.54) is 6.66 Å². The largest absolute Gasteiger partial charge is 0.444 e. The van der Waals surface area contributed by atoms with Gasteiger partial charge in [-0.3, -0.25) is 4.57 Å². The Morgan fingerprint density at radius 1 is 1.39 bits per heavy atom. The molecule has 0 bridgehead atoms. The first-order valence-corrected chi connectivity index (χ1v) is 8.53. The lowest BCUT2D eigenvalue weighted by atomic mass is 10.2. The van der Waals surface area contributed by atoms with E-state index in [-0.39, 0.29) is 0 Å². The molecule has 0 aromatic carbocycles. The SMILES string of the molecule is CCCCCC(NC(=O)OC(C)(C)C)P(C)(=O)O. The highest BCUT2D eigenvalue weighted by molar-refractivity contribution is 7.57. The molecular weight excluding hydrogens is 253 g/mol. The van der Waals surface area contributed by atoms with Crippen LogP contribution in [0.5, 0.6) is 0 Å². The molecule has 0 saturated heterocycles. The standard InChI is InChI=1S/C12H26NO4P/c1-6-7-8-9-10(18(5,15)16)13-11(14)17-12(2,3)4/h10H,6-9H2,1-5H3,(H,13,14)(H,15,16). The zero-order valence-electron chi connectivity index (χ0n) is 12.0. The second-order valence-electron chi connectivity index (χ2n) is 5.60. The number of hydrogen-bond donors (Lipinski definition) is 2. The second kappa shape index (κ2) is 7.15. The van der Waals surface area contributed by atoms with E-state index in [0.29, 0.717) is 6.42 Å². The molecule has 18 heavy (non-hydrogen) atoms. The molecule has 0 spiro atoms. The van der Waals surface area contributed by atoms with Crippen LogP contribution in [0.3, 0.4) is 0 Å². The van der Waals surface area contributed by atoms with Gasteiger partial charge in [0.05, 0.1) is 0 Å². The average Bonchev–Trinajstić information content (AvgIpc) is 2.12. The fraction of sp³-hybridized carbons (Fsp3) is 0.917. The lowest BCUT2D eigenvalue weighted by molar-refractivity contribution is 0.0515. The molecule has 0 aliphatic rings. The minimum atomic E-state index is -3.35. The van der Waals surface area contributed by atoms with Crippen LogP contribution in [0, 0.1) is 0 Å². The maximum atomic E-state index is 11.7. The molecule has 0 aliphatic carbocycles. The Balaban J connectivity index is 4.42. The first-order valence-electron chi connectivity index (χ1n) is 6.35. The van der Waals surface area contributed by atoms with Gasteiger partial charge in [0.2, 0.25) is 7.37 Å². The van der Waals surface area contributed by atoms with Gasteiger partial charge in [-0.2, -0.15) is 0 Å². The van der Waals surface area contributed by atoms with Gasteiger partial charge < -0.3 is 14.9 Å².